The minimum absolute atomic E-state index is 0.0246. The van der Waals surface area contributed by atoms with E-state index >= 15 is 0 Å². The Bertz CT molecular complexity index is 2120. The van der Waals surface area contributed by atoms with Crippen molar-refractivity contribution in [2.45, 2.75) is 16.7 Å². The average Bonchev–Trinajstić information content (AvgIpc) is 2.94. The van der Waals surface area contributed by atoms with E-state index in [2.05, 4.69) is 25.8 Å². The van der Waals surface area contributed by atoms with Crippen LogP contribution < -0.4 is 5.32 Å². The zero-order valence-electron chi connectivity index (χ0n) is 22.0. The number of para-hydroxylation sites is 1. The van der Waals surface area contributed by atoms with Gasteiger partial charge in [0.15, 0.2) is 15.6 Å². The molecule has 0 heterocycles. The highest BCUT2D eigenvalue weighted by atomic mass is 32.2. The molecule has 0 saturated heterocycles. The second-order valence-corrected chi connectivity index (χ2v) is 13.9. The molecule has 4 rings (SSSR count). The molecule has 0 radical (unpaired) electrons. The summed E-state index contributed by atoms with van der Waals surface area (Å²) in [5.74, 6) is -1.82. The van der Waals surface area contributed by atoms with Gasteiger partial charge in [-0.1, -0.05) is 19.1 Å². The van der Waals surface area contributed by atoms with Gasteiger partial charge in [-0.25, -0.2) is 8.42 Å². The lowest BCUT2D eigenvalue weighted by molar-refractivity contribution is 0.475. The third kappa shape index (κ3) is 7.30. The summed E-state index contributed by atoms with van der Waals surface area (Å²) in [6.07, 6.45) is 0. The molecule has 0 spiro atoms. The van der Waals surface area contributed by atoms with Crippen LogP contribution in [0.1, 0.15) is 6.92 Å². The van der Waals surface area contributed by atoms with Gasteiger partial charge in [-0.3, -0.25) is 9.11 Å². The first-order valence-corrected chi connectivity index (χ1v) is 16.7. The van der Waals surface area contributed by atoms with Gasteiger partial charge in [-0.05, 0) is 54.6 Å². The Balaban J connectivity index is 1.90. The van der Waals surface area contributed by atoms with E-state index in [4.69, 9.17) is 0 Å². The maximum Gasteiger partial charge on any atom is 0.296 e. The Kier molecular flexibility index (Phi) is 8.79. The van der Waals surface area contributed by atoms with Crippen LogP contribution in [0.3, 0.4) is 0 Å². The first-order chi connectivity index (χ1) is 20.1. The van der Waals surface area contributed by atoms with E-state index in [-0.39, 0.29) is 49.9 Å². The van der Waals surface area contributed by atoms with Crippen molar-refractivity contribution in [3.63, 3.8) is 0 Å². The number of aromatic hydroxyl groups is 2. The molecule has 0 bridgehead atoms. The topological polar surface area (TPSA) is 245 Å². The molecule has 0 atom stereocenters. The number of nitrogens with zero attached hydrogens (tertiary/aromatic N) is 4. The minimum atomic E-state index is -4.89. The van der Waals surface area contributed by atoms with Crippen LogP contribution in [0.4, 0.5) is 28.4 Å². The van der Waals surface area contributed by atoms with Crippen LogP contribution in [0.15, 0.2) is 97.0 Å². The van der Waals surface area contributed by atoms with E-state index in [0.29, 0.717) is 0 Å². The number of azo groups is 2. The molecular weight excluding hydrogens is 627 g/mol. The van der Waals surface area contributed by atoms with Crippen molar-refractivity contribution in [1.82, 2.24) is 0 Å². The van der Waals surface area contributed by atoms with E-state index in [1.54, 1.807) is 12.1 Å². The Morgan fingerprint density at radius 3 is 2.02 bits per heavy atom. The molecule has 0 aromatic heterocycles. The number of phenols is 2. The van der Waals surface area contributed by atoms with E-state index in [1.165, 1.54) is 43.3 Å². The Hall–Kier alpha value is -4.49. The molecule has 0 fully saturated rings. The van der Waals surface area contributed by atoms with Gasteiger partial charge >= 0.3 is 0 Å². The fourth-order valence-corrected chi connectivity index (χ4v) is 5.62. The lowest BCUT2D eigenvalue weighted by Gasteiger charge is -2.12. The molecule has 0 aliphatic heterocycles. The average molecular weight is 650 g/mol. The second-order valence-electron chi connectivity index (χ2n) is 8.79. The monoisotopic (exact) mass is 649 g/mol. The van der Waals surface area contributed by atoms with Crippen molar-refractivity contribution in [3.8, 4) is 11.5 Å². The lowest BCUT2D eigenvalue weighted by Crippen LogP contribution is -2.13. The highest BCUT2D eigenvalue weighted by Gasteiger charge is 2.21. The molecule has 0 amide bonds. The predicted octanol–water partition coefficient (Wildman–Crippen LogP) is 5.38. The number of nitrogens with one attached hydrogen (secondary N) is 1. The van der Waals surface area contributed by atoms with E-state index in [1.807, 2.05) is 0 Å². The van der Waals surface area contributed by atoms with E-state index < -0.39 is 52.3 Å². The Morgan fingerprint density at radius 1 is 0.721 bits per heavy atom. The fraction of sp³-hybridized carbons (Fsp3) is 0.120. The van der Waals surface area contributed by atoms with Gasteiger partial charge in [0.1, 0.15) is 39.3 Å². The van der Waals surface area contributed by atoms with Crippen LogP contribution in [0.25, 0.3) is 10.8 Å². The smallest absolute Gasteiger partial charge is 0.296 e. The first-order valence-electron chi connectivity index (χ1n) is 12.0. The summed E-state index contributed by atoms with van der Waals surface area (Å²) in [4.78, 5) is -1.05. The molecule has 18 heteroatoms. The van der Waals surface area contributed by atoms with Gasteiger partial charge in [0.25, 0.3) is 20.2 Å². The van der Waals surface area contributed by atoms with Crippen molar-refractivity contribution in [3.05, 3.63) is 66.7 Å². The standard InChI is InChI=1S/C25H23N5O10S3/c1-2-41(33,34)15-7-12-23(43(38,39)40)21(13-15)29-30-24-16-8-11-20(28-27-18-5-3-4-6-22(18)31)25(32)17(16)9-10-19(24)26-14-42(35,36)37/h3-13,26,31-32H,2,14H2,1H3,(H,35,36,37)(H,38,39,40). The molecule has 5 N–H and O–H groups in total. The molecular formula is C25H23N5O10S3. The predicted molar refractivity (Wildman–Crippen MR) is 156 cm³/mol. The number of hydrogen-bond acceptors (Lipinski definition) is 13. The second kappa shape index (κ2) is 12.0. The number of sulfone groups is 1. The van der Waals surface area contributed by atoms with Crippen molar-refractivity contribution in [2.75, 3.05) is 16.9 Å². The maximum atomic E-state index is 12.4. The first kappa shape index (κ1) is 31.4. The number of hydrogen-bond donors (Lipinski definition) is 5. The minimum Gasteiger partial charge on any atom is -0.506 e. The summed E-state index contributed by atoms with van der Waals surface area (Å²) in [6.45, 7) is 1.37. The Morgan fingerprint density at radius 2 is 1.37 bits per heavy atom. The van der Waals surface area contributed by atoms with Crippen LogP contribution in [0.5, 0.6) is 11.5 Å². The van der Waals surface area contributed by atoms with Crippen LogP contribution >= 0.6 is 0 Å². The largest absolute Gasteiger partial charge is 0.506 e. The number of fused-ring (bicyclic) bond motifs is 1. The number of rotatable bonds is 10. The van der Waals surface area contributed by atoms with Crippen molar-refractivity contribution in [1.29, 1.82) is 0 Å². The highest BCUT2D eigenvalue weighted by molar-refractivity contribution is 7.91. The fourth-order valence-electron chi connectivity index (χ4n) is 3.78. The van der Waals surface area contributed by atoms with Crippen LogP contribution in [0, 0.1) is 0 Å². The molecule has 0 saturated carbocycles. The molecule has 4 aromatic rings. The quantitative estimate of drug-likeness (QED) is 0.108. The van der Waals surface area contributed by atoms with Crippen molar-refractivity contribution in [2.24, 2.45) is 20.5 Å². The molecule has 0 unspecified atom stereocenters. The molecule has 43 heavy (non-hydrogen) atoms. The molecule has 0 aliphatic rings. The molecule has 4 aromatic carbocycles. The lowest BCUT2D eigenvalue weighted by atomic mass is 10.1. The molecule has 0 aliphatic carbocycles. The summed E-state index contributed by atoms with van der Waals surface area (Å²) in [6, 6.07) is 14.2. The van der Waals surface area contributed by atoms with Gasteiger partial charge in [0.2, 0.25) is 0 Å². The summed E-state index contributed by atoms with van der Waals surface area (Å²) >= 11 is 0. The van der Waals surface area contributed by atoms with E-state index in [0.717, 1.165) is 18.2 Å². The van der Waals surface area contributed by atoms with Gasteiger partial charge in [0, 0.05) is 10.8 Å². The number of anilines is 1. The normalized spacial score (nSPS) is 12.8. The number of phenolic OH excluding ortho intramolecular Hbond substituents is 2. The van der Waals surface area contributed by atoms with Gasteiger partial charge in [-0.15, -0.1) is 20.5 Å². The van der Waals surface area contributed by atoms with Gasteiger partial charge in [0.05, 0.1) is 16.3 Å². The van der Waals surface area contributed by atoms with Crippen molar-refractivity contribution < 1.29 is 44.6 Å². The Labute approximate surface area is 245 Å². The van der Waals surface area contributed by atoms with Gasteiger partial charge in [-0.2, -0.15) is 16.8 Å². The third-order valence-electron chi connectivity index (χ3n) is 5.92. The van der Waals surface area contributed by atoms with Crippen LogP contribution in [0.2, 0.25) is 0 Å². The maximum absolute atomic E-state index is 12.4. The summed E-state index contributed by atoms with van der Waals surface area (Å²) in [5.41, 5.74) is -0.646. The van der Waals surface area contributed by atoms with Gasteiger partial charge < -0.3 is 15.5 Å². The number of benzene rings is 4. The molecule has 226 valence electrons. The summed E-state index contributed by atoms with van der Waals surface area (Å²) in [5, 5.41) is 39.3. The molecule has 15 nitrogen and oxygen atoms in total. The zero-order chi connectivity index (χ0) is 31.6. The van der Waals surface area contributed by atoms with E-state index in [9.17, 15) is 44.6 Å². The summed E-state index contributed by atoms with van der Waals surface area (Å²) < 4.78 is 90.4. The van der Waals surface area contributed by atoms with Crippen LogP contribution in [-0.4, -0.2) is 56.2 Å². The van der Waals surface area contributed by atoms with Crippen molar-refractivity contribution >= 4 is 69.3 Å². The SMILES string of the molecule is CCS(=O)(=O)c1ccc(S(=O)(=O)O)c(N=Nc2c(NCS(=O)(=O)O)ccc3c(O)c(N=Nc4ccccc4O)ccc23)c1. The highest BCUT2D eigenvalue weighted by Crippen LogP contribution is 2.43. The summed E-state index contributed by atoms with van der Waals surface area (Å²) in [7, 11) is -13.2. The zero-order valence-corrected chi connectivity index (χ0v) is 24.5. The van der Waals surface area contributed by atoms with Crippen LogP contribution in [-0.2, 0) is 30.1 Å². The third-order valence-corrected chi connectivity index (χ3v) is 9.06.